The molecule has 0 unspecified atom stereocenters. The molecule has 0 radical (unpaired) electrons. The van der Waals surface area contributed by atoms with Gasteiger partial charge in [-0.3, -0.25) is 14.4 Å². The van der Waals surface area contributed by atoms with Gasteiger partial charge in [-0.1, -0.05) is 51.4 Å². The molecule has 0 atom stereocenters. The molecule has 0 saturated carbocycles. The number of dihydropyridines is 1. The van der Waals surface area contributed by atoms with Gasteiger partial charge in [-0.05, 0) is 53.5 Å². The number of rotatable bonds is 6. The van der Waals surface area contributed by atoms with E-state index < -0.39 is 24.2 Å². The van der Waals surface area contributed by atoms with E-state index in [-0.39, 0.29) is 44.6 Å². The average molecular weight is 581 g/mol. The number of ketones is 2. The van der Waals surface area contributed by atoms with Gasteiger partial charge in [0.1, 0.15) is 5.82 Å². The monoisotopic (exact) mass is 580 g/mol. The summed E-state index contributed by atoms with van der Waals surface area (Å²) >= 11 is 6.70. The number of Topliss-reactive ketones (excluding diaryl/α,β-unsaturated/α-hetero) is 2. The standard InChI is InChI=1S/C32H34ClFN2O5/c1-31(2)12-21-28(23(37)14-31)27(29-22(35-21)13-32(3,4)15-24(29)38)17-10-18(33)30(25(11-17)40-5)41-16-26(39)36-20-9-7-6-8-19(20)34/h6-11,27,35H,12-16H2,1-5H3,(H,36,39). The van der Waals surface area contributed by atoms with Crippen molar-refractivity contribution in [3.63, 3.8) is 0 Å². The molecule has 7 nitrogen and oxygen atoms in total. The van der Waals surface area contributed by atoms with E-state index in [0.717, 1.165) is 11.4 Å². The number of hydrogen-bond acceptors (Lipinski definition) is 6. The van der Waals surface area contributed by atoms with E-state index in [1.807, 2.05) is 0 Å². The molecule has 0 spiro atoms. The fourth-order valence-electron chi connectivity index (χ4n) is 6.16. The van der Waals surface area contributed by atoms with Crippen LogP contribution in [0.4, 0.5) is 10.1 Å². The van der Waals surface area contributed by atoms with Crippen molar-refractivity contribution in [3.05, 3.63) is 75.3 Å². The summed E-state index contributed by atoms with van der Waals surface area (Å²) < 4.78 is 25.3. The second kappa shape index (κ2) is 10.6. The lowest BCUT2D eigenvalue weighted by Crippen LogP contribution is -2.42. The molecule has 0 bridgehead atoms. The van der Waals surface area contributed by atoms with E-state index in [1.54, 1.807) is 18.2 Å². The van der Waals surface area contributed by atoms with Gasteiger partial charge in [0.05, 0.1) is 17.8 Å². The van der Waals surface area contributed by atoms with Crippen LogP contribution in [-0.4, -0.2) is 31.2 Å². The van der Waals surface area contributed by atoms with Gasteiger partial charge in [0.25, 0.3) is 5.91 Å². The zero-order valence-electron chi connectivity index (χ0n) is 23.9. The first-order valence-corrected chi connectivity index (χ1v) is 14.0. The normalized spacial score (nSPS) is 19.8. The summed E-state index contributed by atoms with van der Waals surface area (Å²) in [4.78, 5) is 39.7. The van der Waals surface area contributed by atoms with E-state index in [2.05, 4.69) is 38.3 Å². The largest absolute Gasteiger partial charge is 0.493 e. The predicted molar refractivity (Wildman–Crippen MR) is 155 cm³/mol. The molecule has 3 aliphatic rings. The molecule has 5 rings (SSSR count). The Labute approximate surface area is 244 Å². The molecule has 1 heterocycles. The molecule has 0 aromatic heterocycles. The quantitative estimate of drug-likeness (QED) is 0.406. The number of halogens is 2. The fraction of sp³-hybridized carbons (Fsp3) is 0.406. The van der Waals surface area contributed by atoms with Gasteiger partial charge < -0.3 is 20.1 Å². The van der Waals surface area contributed by atoms with Crippen LogP contribution in [0.25, 0.3) is 0 Å². The number of carbonyl (C=O) groups excluding carboxylic acids is 3. The summed E-state index contributed by atoms with van der Waals surface area (Å²) in [6, 6.07) is 9.20. The number of para-hydroxylation sites is 1. The van der Waals surface area contributed by atoms with E-state index in [0.29, 0.717) is 42.4 Å². The van der Waals surface area contributed by atoms with Crippen molar-refractivity contribution in [2.75, 3.05) is 19.0 Å². The van der Waals surface area contributed by atoms with Crippen molar-refractivity contribution >= 4 is 34.8 Å². The zero-order chi connectivity index (χ0) is 29.7. The SMILES string of the molecule is COc1cc(C2C3=C(CC(C)(C)CC3=O)NC3=C2C(=O)CC(C)(C)C3)cc(Cl)c1OCC(=O)Nc1ccccc1F. The van der Waals surface area contributed by atoms with Gasteiger partial charge in [-0.2, -0.15) is 0 Å². The van der Waals surface area contributed by atoms with Crippen molar-refractivity contribution in [1.29, 1.82) is 0 Å². The Morgan fingerprint density at radius 1 is 1.00 bits per heavy atom. The number of hydrogen-bond donors (Lipinski definition) is 2. The fourth-order valence-corrected chi connectivity index (χ4v) is 6.43. The minimum absolute atomic E-state index is 0.00170. The van der Waals surface area contributed by atoms with Crippen LogP contribution in [0.2, 0.25) is 5.02 Å². The second-order valence-corrected chi connectivity index (χ2v) is 13.0. The lowest BCUT2D eigenvalue weighted by Gasteiger charge is -2.44. The first-order chi connectivity index (χ1) is 19.3. The summed E-state index contributed by atoms with van der Waals surface area (Å²) in [5.41, 5.74) is 3.12. The van der Waals surface area contributed by atoms with E-state index in [4.69, 9.17) is 21.1 Å². The maximum Gasteiger partial charge on any atom is 0.262 e. The smallest absolute Gasteiger partial charge is 0.262 e. The Morgan fingerprint density at radius 2 is 1.59 bits per heavy atom. The molecule has 2 aliphatic carbocycles. The number of anilines is 1. The Morgan fingerprint density at radius 3 is 2.15 bits per heavy atom. The molecular weight excluding hydrogens is 547 g/mol. The second-order valence-electron chi connectivity index (χ2n) is 12.6. The van der Waals surface area contributed by atoms with Crippen molar-refractivity contribution in [2.45, 2.75) is 59.3 Å². The molecule has 1 amide bonds. The van der Waals surface area contributed by atoms with Crippen LogP contribution < -0.4 is 20.1 Å². The van der Waals surface area contributed by atoms with Crippen molar-refractivity contribution in [1.82, 2.24) is 5.32 Å². The number of methoxy groups -OCH3 is 1. The van der Waals surface area contributed by atoms with Gasteiger partial charge in [0.2, 0.25) is 0 Å². The highest BCUT2D eigenvalue weighted by Crippen LogP contribution is 2.52. The number of benzene rings is 2. The molecule has 1 aliphatic heterocycles. The van der Waals surface area contributed by atoms with Gasteiger partial charge >= 0.3 is 0 Å². The average Bonchev–Trinajstić information content (AvgIpc) is 2.86. The van der Waals surface area contributed by atoms with Crippen molar-refractivity contribution in [3.8, 4) is 11.5 Å². The topological polar surface area (TPSA) is 93.7 Å². The maximum absolute atomic E-state index is 13.9. The highest BCUT2D eigenvalue weighted by Gasteiger charge is 2.46. The van der Waals surface area contributed by atoms with Gasteiger partial charge in [-0.15, -0.1) is 0 Å². The third kappa shape index (κ3) is 5.75. The van der Waals surface area contributed by atoms with Crippen LogP contribution in [0.1, 0.15) is 64.9 Å². The lowest BCUT2D eigenvalue weighted by molar-refractivity contribution is -0.119. The molecule has 2 aromatic rings. The predicted octanol–water partition coefficient (Wildman–Crippen LogP) is 6.48. The summed E-state index contributed by atoms with van der Waals surface area (Å²) in [5.74, 6) is -1.36. The Bertz CT molecular complexity index is 1470. The molecule has 41 heavy (non-hydrogen) atoms. The molecular formula is C32H34ClFN2O5. The number of amides is 1. The van der Waals surface area contributed by atoms with E-state index in [9.17, 15) is 18.8 Å². The van der Waals surface area contributed by atoms with Crippen LogP contribution in [-0.2, 0) is 14.4 Å². The van der Waals surface area contributed by atoms with Crippen LogP contribution in [0, 0.1) is 16.6 Å². The van der Waals surface area contributed by atoms with Gasteiger partial charge in [-0.25, -0.2) is 4.39 Å². The molecule has 9 heteroatoms. The summed E-state index contributed by atoms with van der Waals surface area (Å²) in [7, 11) is 1.45. The van der Waals surface area contributed by atoms with E-state index >= 15 is 0 Å². The lowest BCUT2D eigenvalue weighted by atomic mass is 9.64. The van der Waals surface area contributed by atoms with Crippen LogP contribution >= 0.6 is 11.6 Å². The summed E-state index contributed by atoms with van der Waals surface area (Å²) in [5, 5.41) is 6.13. The molecule has 0 saturated heterocycles. The molecule has 2 aromatic carbocycles. The van der Waals surface area contributed by atoms with Crippen LogP contribution in [0.15, 0.2) is 58.9 Å². The molecule has 2 N–H and O–H groups in total. The van der Waals surface area contributed by atoms with E-state index in [1.165, 1.54) is 25.3 Å². The third-order valence-electron chi connectivity index (χ3n) is 7.80. The molecule has 0 fully saturated rings. The Kier molecular flexibility index (Phi) is 7.49. The zero-order valence-corrected chi connectivity index (χ0v) is 24.6. The minimum atomic E-state index is -0.599. The molecule has 216 valence electrons. The number of nitrogens with one attached hydrogen (secondary N) is 2. The first kappa shape index (κ1) is 28.9. The van der Waals surface area contributed by atoms with Crippen LogP contribution in [0.5, 0.6) is 11.5 Å². The minimum Gasteiger partial charge on any atom is -0.493 e. The summed E-state index contributed by atoms with van der Waals surface area (Å²) in [6.45, 7) is 7.83. The maximum atomic E-state index is 13.9. The number of carbonyl (C=O) groups is 3. The third-order valence-corrected chi connectivity index (χ3v) is 8.08. The Balaban J connectivity index is 1.51. The highest BCUT2D eigenvalue weighted by atomic mass is 35.5. The van der Waals surface area contributed by atoms with Gasteiger partial charge in [0.15, 0.2) is 29.7 Å². The van der Waals surface area contributed by atoms with Crippen molar-refractivity contribution in [2.24, 2.45) is 10.8 Å². The highest BCUT2D eigenvalue weighted by molar-refractivity contribution is 6.32. The number of allylic oxidation sites excluding steroid dienone is 4. The van der Waals surface area contributed by atoms with Gasteiger partial charge in [0, 0.05) is 41.3 Å². The Hall–Kier alpha value is -3.65. The first-order valence-electron chi connectivity index (χ1n) is 13.6. The van der Waals surface area contributed by atoms with Crippen molar-refractivity contribution < 1.29 is 28.2 Å². The van der Waals surface area contributed by atoms with Crippen LogP contribution in [0.3, 0.4) is 0 Å². The number of ether oxygens (including phenoxy) is 2. The summed E-state index contributed by atoms with van der Waals surface area (Å²) in [6.07, 6.45) is 2.10.